The second kappa shape index (κ2) is 7.35. The third-order valence-corrected chi connectivity index (χ3v) is 2.41. The Bertz CT molecular complexity index is 324. The number of nitrogens with one attached hydrogen (secondary N) is 1. The lowest BCUT2D eigenvalue weighted by atomic mass is 10.1. The molecule has 1 atom stereocenters. The number of rotatable bonds is 6. The van der Waals surface area contributed by atoms with Crippen molar-refractivity contribution in [2.45, 2.75) is 45.3 Å². The van der Waals surface area contributed by atoms with E-state index in [-0.39, 0.29) is 24.0 Å². The van der Waals surface area contributed by atoms with Crippen molar-refractivity contribution >= 4 is 33.8 Å². The van der Waals surface area contributed by atoms with E-state index < -0.39 is 23.7 Å². The number of amides is 1. The molecule has 1 amide bonds. The third kappa shape index (κ3) is 8.05. The van der Waals surface area contributed by atoms with Gasteiger partial charge in [0.2, 0.25) is 0 Å². The molecule has 0 rings (SSSR count). The number of alkyl carbamates (subject to hydrolysis) is 1. The Labute approximate surface area is 114 Å². The van der Waals surface area contributed by atoms with Crippen LogP contribution in [0.2, 0.25) is 0 Å². The number of hydrogen-bond acceptors (Lipinski definition) is 4. The van der Waals surface area contributed by atoms with Gasteiger partial charge in [0, 0.05) is 6.42 Å². The van der Waals surface area contributed by atoms with Crippen molar-refractivity contribution in [3.8, 4) is 0 Å². The van der Waals surface area contributed by atoms with Crippen molar-refractivity contribution in [3.63, 3.8) is 0 Å². The zero-order valence-corrected chi connectivity index (χ0v) is 12.2. The Balaban J connectivity index is 4.45. The van der Waals surface area contributed by atoms with Crippen molar-refractivity contribution in [1.82, 2.24) is 5.32 Å². The number of carboxylic acid groups (broad SMARTS) is 1. The molecular weight excluding hydrogens is 306 g/mol. The van der Waals surface area contributed by atoms with Gasteiger partial charge in [0.15, 0.2) is 5.78 Å². The van der Waals surface area contributed by atoms with E-state index in [0.717, 1.165) is 0 Å². The predicted molar refractivity (Wildman–Crippen MR) is 68.8 cm³/mol. The summed E-state index contributed by atoms with van der Waals surface area (Å²) < 4.78 is 5.00. The molecule has 0 radical (unpaired) electrons. The lowest BCUT2D eigenvalue weighted by molar-refractivity contribution is -0.137. The minimum atomic E-state index is -1.02. The molecule has 18 heavy (non-hydrogen) atoms. The Morgan fingerprint density at radius 2 is 1.89 bits per heavy atom. The van der Waals surface area contributed by atoms with Gasteiger partial charge in [0.05, 0.1) is 11.4 Å². The minimum Gasteiger partial charge on any atom is -0.481 e. The SMILES string of the molecule is CC(C)(C)OC(=O)NC(CCC(=O)O)C(=O)CBr. The van der Waals surface area contributed by atoms with Crippen molar-refractivity contribution in [2.75, 3.05) is 5.33 Å². The van der Waals surface area contributed by atoms with Gasteiger partial charge in [-0.25, -0.2) is 4.79 Å². The van der Waals surface area contributed by atoms with Crippen molar-refractivity contribution in [2.24, 2.45) is 0 Å². The first kappa shape index (κ1) is 16.9. The van der Waals surface area contributed by atoms with Gasteiger partial charge in [-0.05, 0) is 27.2 Å². The maximum absolute atomic E-state index is 11.5. The molecular formula is C11H18BrNO5. The second-order valence-corrected chi connectivity index (χ2v) is 5.29. The van der Waals surface area contributed by atoms with Gasteiger partial charge in [-0.15, -0.1) is 0 Å². The summed E-state index contributed by atoms with van der Waals surface area (Å²) >= 11 is 2.98. The van der Waals surface area contributed by atoms with Crippen LogP contribution in [0, 0.1) is 0 Å². The van der Waals surface area contributed by atoms with Gasteiger partial charge in [-0.3, -0.25) is 9.59 Å². The molecule has 0 heterocycles. The molecule has 0 aliphatic heterocycles. The standard InChI is InChI=1S/C11H18BrNO5/c1-11(2,3)18-10(17)13-7(8(14)6-12)4-5-9(15)16/h7H,4-6H2,1-3H3,(H,13,17)(H,15,16). The quantitative estimate of drug-likeness (QED) is 0.726. The van der Waals surface area contributed by atoms with Gasteiger partial charge >= 0.3 is 12.1 Å². The number of hydrogen-bond donors (Lipinski definition) is 2. The highest BCUT2D eigenvalue weighted by Gasteiger charge is 2.24. The zero-order valence-electron chi connectivity index (χ0n) is 10.7. The molecule has 0 saturated carbocycles. The Morgan fingerprint density at radius 3 is 2.28 bits per heavy atom. The fraction of sp³-hybridized carbons (Fsp3) is 0.727. The molecule has 0 aromatic heterocycles. The van der Waals surface area contributed by atoms with Crippen LogP contribution >= 0.6 is 15.9 Å². The molecule has 104 valence electrons. The Morgan fingerprint density at radius 1 is 1.33 bits per heavy atom. The number of carboxylic acids is 1. The second-order valence-electron chi connectivity index (χ2n) is 4.73. The van der Waals surface area contributed by atoms with Crippen molar-refractivity contribution in [3.05, 3.63) is 0 Å². The summed E-state index contributed by atoms with van der Waals surface area (Å²) in [6.07, 6.45) is -0.884. The number of aliphatic carboxylic acids is 1. The summed E-state index contributed by atoms with van der Waals surface area (Å²) in [6.45, 7) is 5.10. The summed E-state index contributed by atoms with van der Waals surface area (Å²) in [5.41, 5.74) is -0.668. The van der Waals surface area contributed by atoms with Crippen LogP contribution < -0.4 is 5.32 Å². The van der Waals surface area contributed by atoms with Crippen LogP contribution in [0.25, 0.3) is 0 Å². The number of carbonyl (C=O) groups is 3. The van der Waals surface area contributed by atoms with Gasteiger partial charge < -0.3 is 15.2 Å². The van der Waals surface area contributed by atoms with E-state index in [9.17, 15) is 14.4 Å². The molecule has 2 N–H and O–H groups in total. The van der Waals surface area contributed by atoms with E-state index in [1.165, 1.54) is 0 Å². The van der Waals surface area contributed by atoms with Crippen LogP contribution in [0.3, 0.4) is 0 Å². The largest absolute Gasteiger partial charge is 0.481 e. The summed E-state index contributed by atoms with van der Waals surface area (Å²) in [6, 6.07) is -0.852. The van der Waals surface area contributed by atoms with E-state index in [1.54, 1.807) is 20.8 Å². The first-order valence-electron chi connectivity index (χ1n) is 5.45. The molecule has 0 spiro atoms. The highest BCUT2D eigenvalue weighted by Crippen LogP contribution is 2.08. The van der Waals surface area contributed by atoms with Crippen LogP contribution in [-0.4, -0.2) is 39.9 Å². The first-order valence-corrected chi connectivity index (χ1v) is 6.58. The Hall–Kier alpha value is -1.11. The molecule has 6 nitrogen and oxygen atoms in total. The number of halogens is 1. The predicted octanol–water partition coefficient (Wildman–Crippen LogP) is 1.71. The van der Waals surface area contributed by atoms with Gasteiger partial charge in [0.1, 0.15) is 5.60 Å². The molecule has 7 heteroatoms. The van der Waals surface area contributed by atoms with Crippen LogP contribution in [0.5, 0.6) is 0 Å². The zero-order chi connectivity index (χ0) is 14.3. The summed E-state index contributed by atoms with van der Waals surface area (Å²) in [7, 11) is 0. The van der Waals surface area contributed by atoms with E-state index in [0.29, 0.717) is 0 Å². The maximum Gasteiger partial charge on any atom is 0.408 e. The normalized spacial score (nSPS) is 12.7. The van der Waals surface area contributed by atoms with E-state index in [2.05, 4.69) is 21.2 Å². The van der Waals surface area contributed by atoms with Crippen LogP contribution in [0.15, 0.2) is 0 Å². The number of carbonyl (C=O) groups excluding carboxylic acids is 2. The average molecular weight is 324 g/mol. The summed E-state index contributed by atoms with van der Waals surface area (Å²) in [4.78, 5) is 33.5. The Kier molecular flexibility index (Phi) is 6.90. The lowest BCUT2D eigenvalue weighted by Crippen LogP contribution is -2.44. The molecule has 0 bridgehead atoms. The van der Waals surface area contributed by atoms with E-state index in [1.807, 2.05) is 0 Å². The number of alkyl halides is 1. The first-order chi connectivity index (χ1) is 8.15. The summed E-state index contributed by atoms with van der Waals surface area (Å²) in [5, 5.41) is 11.0. The van der Waals surface area contributed by atoms with Gasteiger partial charge in [-0.2, -0.15) is 0 Å². The molecule has 0 aromatic rings. The highest BCUT2D eigenvalue weighted by atomic mass is 79.9. The molecule has 0 aromatic carbocycles. The lowest BCUT2D eigenvalue weighted by Gasteiger charge is -2.22. The minimum absolute atomic E-state index is 0.0407. The summed E-state index contributed by atoms with van der Waals surface area (Å²) in [5.74, 6) is -1.31. The molecule has 1 unspecified atom stereocenters. The topological polar surface area (TPSA) is 92.7 Å². The highest BCUT2D eigenvalue weighted by molar-refractivity contribution is 9.09. The smallest absolute Gasteiger partial charge is 0.408 e. The van der Waals surface area contributed by atoms with E-state index in [4.69, 9.17) is 9.84 Å². The monoisotopic (exact) mass is 323 g/mol. The fourth-order valence-corrected chi connectivity index (χ4v) is 1.52. The third-order valence-electron chi connectivity index (χ3n) is 1.86. The number of ketones is 1. The van der Waals surface area contributed by atoms with Crippen LogP contribution in [-0.2, 0) is 14.3 Å². The van der Waals surface area contributed by atoms with Crippen molar-refractivity contribution in [1.29, 1.82) is 0 Å². The van der Waals surface area contributed by atoms with Gasteiger partial charge in [-0.1, -0.05) is 15.9 Å². The number of Topliss-reactive ketones (excluding diaryl/α,β-unsaturated/α-hetero) is 1. The van der Waals surface area contributed by atoms with E-state index >= 15 is 0 Å². The average Bonchev–Trinajstić information content (AvgIpc) is 2.20. The fourth-order valence-electron chi connectivity index (χ4n) is 1.12. The van der Waals surface area contributed by atoms with Crippen molar-refractivity contribution < 1.29 is 24.2 Å². The molecule has 0 aliphatic rings. The van der Waals surface area contributed by atoms with Gasteiger partial charge in [0.25, 0.3) is 0 Å². The van der Waals surface area contributed by atoms with Crippen LogP contribution in [0.1, 0.15) is 33.6 Å². The molecule has 0 fully saturated rings. The number of ether oxygens (including phenoxy) is 1. The maximum atomic E-state index is 11.5. The molecule has 0 saturated heterocycles. The van der Waals surface area contributed by atoms with Crippen LogP contribution in [0.4, 0.5) is 4.79 Å². The molecule has 0 aliphatic carbocycles.